The third-order valence-corrected chi connectivity index (χ3v) is 2.63. The van der Waals surface area contributed by atoms with Crippen molar-refractivity contribution in [3.8, 4) is 6.01 Å². The molecule has 0 bridgehead atoms. The van der Waals surface area contributed by atoms with Crippen molar-refractivity contribution >= 4 is 11.9 Å². The van der Waals surface area contributed by atoms with Gasteiger partial charge in [-0.25, -0.2) is 0 Å². The third-order valence-electron chi connectivity index (χ3n) is 2.63. The van der Waals surface area contributed by atoms with Gasteiger partial charge in [0.05, 0.1) is 18.8 Å². The van der Waals surface area contributed by atoms with Gasteiger partial charge in [-0.2, -0.15) is 15.0 Å². The number of aromatic nitrogens is 3. The average molecular weight is 297 g/mol. The molecular weight excluding hydrogens is 270 g/mol. The van der Waals surface area contributed by atoms with E-state index >= 15 is 0 Å². The zero-order chi connectivity index (χ0) is 15.7. The summed E-state index contributed by atoms with van der Waals surface area (Å²) in [6.07, 6.45) is 2.05. The van der Waals surface area contributed by atoms with Crippen LogP contribution >= 0.6 is 0 Å². The summed E-state index contributed by atoms with van der Waals surface area (Å²) < 4.78 is 10.8. The Hall–Kier alpha value is -1.63. The molecular formula is C14H27N5O2. The Morgan fingerprint density at radius 3 is 2.38 bits per heavy atom. The van der Waals surface area contributed by atoms with E-state index in [0.29, 0.717) is 24.5 Å². The highest BCUT2D eigenvalue weighted by Gasteiger charge is 2.13. The Kier molecular flexibility index (Phi) is 7.74. The molecule has 1 aromatic rings. The maximum atomic E-state index is 5.57. The number of nitrogens with zero attached hydrogens (tertiary/aromatic N) is 3. The Morgan fingerprint density at radius 2 is 1.81 bits per heavy atom. The van der Waals surface area contributed by atoms with Crippen LogP contribution in [0.25, 0.3) is 0 Å². The second kappa shape index (κ2) is 9.33. The van der Waals surface area contributed by atoms with Gasteiger partial charge < -0.3 is 20.1 Å². The second-order valence-electron chi connectivity index (χ2n) is 5.05. The molecule has 0 fully saturated rings. The second-order valence-corrected chi connectivity index (χ2v) is 5.05. The molecule has 7 nitrogen and oxygen atoms in total. The fourth-order valence-electron chi connectivity index (χ4n) is 1.85. The highest BCUT2D eigenvalue weighted by atomic mass is 16.5. The largest absolute Gasteiger partial charge is 0.461 e. The number of hydrogen-bond donors (Lipinski definition) is 2. The SMILES string of the molecule is CCCC(COC)Nc1nc(NCC)nc(OC(C)C)n1. The van der Waals surface area contributed by atoms with E-state index in [2.05, 4.69) is 32.5 Å². The Morgan fingerprint density at radius 1 is 1.10 bits per heavy atom. The molecule has 0 aromatic carbocycles. The molecule has 0 saturated heterocycles. The average Bonchev–Trinajstić information content (AvgIpc) is 2.38. The molecule has 1 atom stereocenters. The minimum absolute atomic E-state index is 0.0140. The molecule has 0 saturated carbocycles. The minimum Gasteiger partial charge on any atom is -0.461 e. The number of anilines is 2. The van der Waals surface area contributed by atoms with Gasteiger partial charge in [-0.1, -0.05) is 13.3 Å². The van der Waals surface area contributed by atoms with Gasteiger partial charge >= 0.3 is 6.01 Å². The smallest absolute Gasteiger partial charge is 0.323 e. The molecule has 1 rings (SSSR count). The van der Waals surface area contributed by atoms with Crippen molar-refractivity contribution in [2.45, 2.75) is 52.7 Å². The lowest BCUT2D eigenvalue weighted by atomic mass is 10.2. The molecule has 0 radical (unpaired) electrons. The number of methoxy groups -OCH3 is 1. The fraction of sp³-hybridized carbons (Fsp3) is 0.786. The molecule has 1 heterocycles. The Labute approximate surface area is 126 Å². The first kappa shape index (κ1) is 17.4. The Bertz CT molecular complexity index is 408. The molecule has 0 aliphatic carbocycles. The van der Waals surface area contributed by atoms with Gasteiger partial charge in [0, 0.05) is 13.7 Å². The molecule has 120 valence electrons. The summed E-state index contributed by atoms with van der Waals surface area (Å²) >= 11 is 0. The van der Waals surface area contributed by atoms with E-state index in [9.17, 15) is 0 Å². The summed E-state index contributed by atoms with van der Waals surface area (Å²) in [5, 5.41) is 6.37. The molecule has 7 heteroatoms. The molecule has 0 aliphatic rings. The van der Waals surface area contributed by atoms with Crippen LogP contribution in [0, 0.1) is 0 Å². The minimum atomic E-state index is 0.0140. The van der Waals surface area contributed by atoms with E-state index in [0.717, 1.165) is 19.4 Å². The summed E-state index contributed by atoms with van der Waals surface area (Å²) in [4.78, 5) is 12.9. The number of ether oxygens (including phenoxy) is 2. The van der Waals surface area contributed by atoms with Crippen molar-refractivity contribution in [3.05, 3.63) is 0 Å². The van der Waals surface area contributed by atoms with Gasteiger partial charge in [0.25, 0.3) is 0 Å². The molecule has 0 spiro atoms. The number of hydrogen-bond acceptors (Lipinski definition) is 7. The molecule has 0 aliphatic heterocycles. The maximum Gasteiger partial charge on any atom is 0.323 e. The van der Waals surface area contributed by atoms with E-state index in [-0.39, 0.29) is 12.1 Å². The van der Waals surface area contributed by atoms with Gasteiger partial charge in [0.2, 0.25) is 11.9 Å². The van der Waals surface area contributed by atoms with Crippen LogP contribution in [0.4, 0.5) is 11.9 Å². The number of nitrogens with one attached hydrogen (secondary N) is 2. The van der Waals surface area contributed by atoms with Crippen molar-refractivity contribution in [3.63, 3.8) is 0 Å². The van der Waals surface area contributed by atoms with Crippen molar-refractivity contribution in [1.82, 2.24) is 15.0 Å². The number of rotatable bonds is 10. The summed E-state index contributed by atoms with van der Waals surface area (Å²) in [7, 11) is 1.69. The topological polar surface area (TPSA) is 81.2 Å². The standard InChI is InChI=1S/C14H27N5O2/c1-6-8-11(9-20-5)16-13-17-12(15-7-2)18-14(19-13)21-10(3)4/h10-11H,6-9H2,1-5H3,(H2,15,16,17,18,19). The van der Waals surface area contributed by atoms with Crippen LogP contribution in [0.15, 0.2) is 0 Å². The van der Waals surface area contributed by atoms with Crippen LogP contribution in [0.1, 0.15) is 40.5 Å². The molecule has 2 N–H and O–H groups in total. The molecule has 21 heavy (non-hydrogen) atoms. The maximum absolute atomic E-state index is 5.57. The lowest BCUT2D eigenvalue weighted by molar-refractivity contribution is 0.182. The van der Waals surface area contributed by atoms with E-state index < -0.39 is 0 Å². The van der Waals surface area contributed by atoms with E-state index in [1.807, 2.05) is 20.8 Å². The van der Waals surface area contributed by atoms with Gasteiger partial charge in [-0.05, 0) is 27.2 Å². The molecule has 1 aromatic heterocycles. The summed E-state index contributed by atoms with van der Waals surface area (Å²) in [5.41, 5.74) is 0. The lowest BCUT2D eigenvalue weighted by Crippen LogP contribution is -2.26. The highest BCUT2D eigenvalue weighted by Crippen LogP contribution is 2.14. The van der Waals surface area contributed by atoms with Crippen molar-refractivity contribution < 1.29 is 9.47 Å². The first-order chi connectivity index (χ1) is 10.1. The fourth-order valence-corrected chi connectivity index (χ4v) is 1.85. The van der Waals surface area contributed by atoms with Crippen molar-refractivity contribution in [2.75, 3.05) is 30.9 Å². The zero-order valence-corrected chi connectivity index (χ0v) is 13.6. The van der Waals surface area contributed by atoms with E-state index in [4.69, 9.17) is 9.47 Å². The van der Waals surface area contributed by atoms with Crippen LogP contribution in [0.2, 0.25) is 0 Å². The lowest BCUT2D eigenvalue weighted by Gasteiger charge is -2.18. The Balaban J connectivity index is 2.89. The van der Waals surface area contributed by atoms with Crippen LogP contribution < -0.4 is 15.4 Å². The monoisotopic (exact) mass is 297 g/mol. The quantitative estimate of drug-likeness (QED) is 0.686. The van der Waals surface area contributed by atoms with E-state index in [1.165, 1.54) is 0 Å². The van der Waals surface area contributed by atoms with Crippen molar-refractivity contribution in [2.24, 2.45) is 0 Å². The summed E-state index contributed by atoms with van der Waals surface area (Å²) in [6.45, 7) is 9.35. The van der Waals surface area contributed by atoms with Crippen LogP contribution in [0.5, 0.6) is 6.01 Å². The predicted molar refractivity (Wildman–Crippen MR) is 83.9 cm³/mol. The van der Waals surface area contributed by atoms with Crippen LogP contribution in [-0.4, -0.2) is 47.4 Å². The molecule has 0 amide bonds. The first-order valence-electron chi connectivity index (χ1n) is 7.51. The first-order valence-corrected chi connectivity index (χ1v) is 7.51. The summed E-state index contributed by atoms with van der Waals surface area (Å²) in [6, 6.07) is 0.495. The highest BCUT2D eigenvalue weighted by molar-refractivity contribution is 5.36. The molecule has 1 unspecified atom stereocenters. The van der Waals surface area contributed by atoms with Gasteiger partial charge in [-0.3, -0.25) is 0 Å². The predicted octanol–water partition coefficient (Wildman–Crippen LogP) is 2.32. The normalized spacial score (nSPS) is 12.3. The zero-order valence-electron chi connectivity index (χ0n) is 13.6. The van der Waals surface area contributed by atoms with E-state index in [1.54, 1.807) is 7.11 Å². The van der Waals surface area contributed by atoms with Crippen LogP contribution in [0.3, 0.4) is 0 Å². The van der Waals surface area contributed by atoms with Crippen LogP contribution in [-0.2, 0) is 4.74 Å². The van der Waals surface area contributed by atoms with Gasteiger partial charge in [-0.15, -0.1) is 0 Å². The van der Waals surface area contributed by atoms with Gasteiger partial charge in [0.1, 0.15) is 0 Å². The summed E-state index contributed by atoms with van der Waals surface area (Å²) in [5.74, 6) is 1.02. The third kappa shape index (κ3) is 6.57. The van der Waals surface area contributed by atoms with Gasteiger partial charge in [0.15, 0.2) is 0 Å². The van der Waals surface area contributed by atoms with Crippen molar-refractivity contribution in [1.29, 1.82) is 0 Å².